The van der Waals surface area contributed by atoms with Gasteiger partial charge >= 0.3 is 0 Å². The predicted molar refractivity (Wildman–Crippen MR) is 247 cm³/mol. The van der Waals surface area contributed by atoms with Crippen molar-refractivity contribution in [3.05, 3.63) is 218 Å². The van der Waals surface area contributed by atoms with E-state index in [-0.39, 0.29) is 0 Å². The van der Waals surface area contributed by atoms with E-state index in [1.54, 1.807) is 0 Å². The Morgan fingerprint density at radius 3 is 1.00 bits per heavy atom. The van der Waals surface area contributed by atoms with E-state index >= 15 is 0 Å². The Balaban J connectivity index is 1.10. The van der Waals surface area contributed by atoms with Gasteiger partial charge in [0.25, 0.3) is 0 Å². The second kappa shape index (κ2) is 16.9. The summed E-state index contributed by atoms with van der Waals surface area (Å²) in [5.41, 5.74) is 11.8. The standard InChI is InChI=1S/C55H35N7/c56-36-37-16-13-26-44(32-37)48-31-30-43(42-25-14-28-46(33-42)54-59-50(38-17-5-1-6-18-38)57-51(60-54)39-19-7-2-8-20-39)35-49(48)45-27-15-29-47(34-45)55-61-52(40-21-9-3-10-22-40)58-53(62-55)41-23-11-4-12-24-41/h1-35H. The van der Waals surface area contributed by atoms with Crippen molar-refractivity contribution in [1.82, 2.24) is 29.9 Å². The van der Waals surface area contributed by atoms with Crippen LogP contribution in [0.5, 0.6) is 0 Å². The topological polar surface area (TPSA) is 101 Å². The fourth-order valence-corrected chi connectivity index (χ4v) is 7.51. The second-order valence-electron chi connectivity index (χ2n) is 14.7. The summed E-state index contributed by atoms with van der Waals surface area (Å²) in [4.78, 5) is 29.8. The maximum atomic E-state index is 9.86. The molecular formula is C55H35N7. The number of rotatable bonds is 9. The van der Waals surface area contributed by atoms with Gasteiger partial charge in [-0.3, -0.25) is 0 Å². The highest BCUT2D eigenvalue weighted by Gasteiger charge is 2.17. The van der Waals surface area contributed by atoms with Crippen molar-refractivity contribution in [3.8, 4) is 108 Å². The number of hydrogen-bond acceptors (Lipinski definition) is 7. The molecule has 0 radical (unpaired) electrons. The Kier molecular flexibility index (Phi) is 10.2. The van der Waals surface area contributed by atoms with E-state index in [9.17, 15) is 5.26 Å². The summed E-state index contributed by atoms with van der Waals surface area (Å²) < 4.78 is 0. The first-order chi connectivity index (χ1) is 30.6. The molecule has 7 nitrogen and oxygen atoms in total. The quantitative estimate of drug-likeness (QED) is 0.143. The summed E-state index contributed by atoms with van der Waals surface area (Å²) in [7, 11) is 0. The monoisotopic (exact) mass is 793 g/mol. The molecule has 0 bridgehead atoms. The smallest absolute Gasteiger partial charge is 0.164 e. The van der Waals surface area contributed by atoms with Crippen LogP contribution >= 0.6 is 0 Å². The molecule has 10 rings (SSSR count). The van der Waals surface area contributed by atoms with Crippen LogP contribution in [0.3, 0.4) is 0 Å². The van der Waals surface area contributed by atoms with Crippen LogP contribution in [0.25, 0.3) is 102 Å². The largest absolute Gasteiger partial charge is 0.208 e. The van der Waals surface area contributed by atoms with Crippen molar-refractivity contribution < 1.29 is 0 Å². The van der Waals surface area contributed by atoms with E-state index < -0.39 is 0 Å². The van der Waals surface area contributed by atoms with E-state index in [1.807, 2.05) is 170 Å². The number of hydrogen-bond donors (Lipinski definition) is 0. The van der Waals surface area contributed by atoms with Crippen molar-refractivity contribution in [3.63, 3.8) is 0 Å². The fraction of sp³-hybridized carbons (Fsp3) is 0. The van der Waals surface area contributed by atoms with Gasteiger partial charge in [-0.15, -0.1) is 0 Å². The van der Waals surface area contributed by atoms with Gasteiger partial charge in [-0.1, -0.05) is 182 Å². The van der Waals surface area contributed by atoms with Crippen molar-refractivity contribution in [2.24, 2.45) is 0 Å². The second-order valence-corrected chi connectivity index (χ2v) is 14.7. The summed E-state index contributed by atoms with van der Waals surface area (Å²) in [6.07, 6.45) is 0. The van der Waals surface area contributed by atoms with E-state index in [4.69, 9.17) is 29.9 Å². The first kappa shape index (κ1) is 37.5. The molecule has 0 amide bonds. The molecule has 2 aromatic heterocycles. The maximum absolute atomic E-state index is 9.86. The van der Waals surface area contributed by atoms with Gasteiger partial charge in [-0.25, -0.2) is 29.9 Å². The molecule has 8 aromatic carbocycles. The van der Waals surface area contributed by atoms with Gasteiger partial charge in [0, 0.05) is 33.4 Å². The SMILES string of the molecule is N#Cc1cccc(-c2ccc(-c3cccc(-c4nc(-c5ccccc5)nc(-c5ccccc5)n4)c3)cc2-c2cccc(-c3nc(-c4ccccc4)nc(-c4ccccc4)n3)c2)c1. The van der Waals surface area contributed by atoms with Gasteiger partial charge in [-0.2, -0.15) is 5.26 Å². The molecule has 0 atom stereocenters. The number of nitriles is 1. The fourth-order valence-electron chi connectivity index (χ4n) is 7.51. The molecule has 0 unspecified atom stereocenters. The molecule has 7 heteroatoms. The zero-order chi connectivity index (χ0) is 41.7. The Bertz CT molecular complexity index is 3120. The maximum Gasteiger partial charge on any atom is 0.164 e. The molecule has 0 N–H and O–H groups in total. The minimum Gasteiger partial charge on any atom is -0.208 e. The van der Waals surface area contributed by atoms with Crippen LogP contribution in [-0.4, -0.2) is 29.9 Å². The Labute approximate surface area is 359 Å². The summed E-state index contributed by atoms with van der Waals surface area (Å²) in [6.45, 7) is 0. The van der Waals surface area contributed by atoms with Crippen LogP contribution in [-0.2, 0) is 0 Å². The summed E-state index contributed by atoms with van der Waals surface area (Å²) in [6, 6.07) is 73.1. The van der Waals surface area contributed by atoms with E-state index in [1.165, 1.54) is 0 Å². The lowest BCUT2D eigenvalue weighted by atomic mass is 9.89. The van der Waals surface area contributed by atoms with Gasteiger partial charge < -0.3 is 0 Å². The van der Waals surface area contributed by atoms with Crippen LogP contribution in [0.2, 0.25) is 0 Å². The lowest BCUT2D eigenvalue weighted by Crippen LogP contribution is -2.00. The molecule has 0 spiro atoms. The molecule has 0 aliphatic heterocycles. The minimum absolute atomic E-state index is 0.568. The van der Waals surface area contributed by atoms with E-state index in [2.05, 4.69) is 48.5 Å². The third kappa shape index (κ3) is 7.87. The molecule has 62 heavy (non-hydrogen) atoms. The predicted octanol–water partition coefficient (Wildman–Crippen LogP) is 12.9. The van der Waals surface area contributed by atoms with E-state index in [0.717, 1.165) is 66.8 Å². The summed E-state index contributed by atoms with van der Waals surface area (Å²) in [5, 5.41) is 9.86. The first-order valence-corrected chi connectivity index (χ1v) is 20.3. The molecule has 10 aromatic rings. The summed E-state index contributed by atoms with van der Waals surface area (Å²) in [5.74, 6) is 3.56. The van der Waals surface area contributed by atoms with Crippen molar-refractivity contribution in [2.45, 2.75) is 0 Å². The third-order valence-corrected chi connectivity index (χ3v) is 10.6. The number of nitrogens with zero attached hydrogens (tertiary/aromatic N) is 7. The average molecular weight is 794 g/mol. The van der Waals surface area contributed by atoms with Gasteiger partial charge in [0.15, 0.2) is 34.9 Å². The lowest BCUT2D eigenvalue weighted by Gasteiger charge is -2.15. The molecule has 2 heterocycles. The number of benzene rings is 8. The number of aromatic nitrogens is 6. The molecule has 0 saturated carbocycles. The normalized spacial score (nSPS) is 10.9. The lowest BCUT2D eigenvalue weighted by molar-refractivity contribution is 1.07. The van der Waals surface area contributed by atoms with Crippen molar-refractivity contribution >= 4 is 0 Å². The molecule has 290 valence electrons. The molecule has 0 fully saturated rings. The highest BCUT2D eigenvalue weighted by atomic mass is 15.0. The molecular weight excluding hydrogens is 759 g/mol. The Hall–Kier alpha value is -8.73. The highest BCUT2D eigenvalue weighted by molar-refractivity contribution is 5.89. The highest BCUT2D eigenvalue weighted by Crippen LogP contribution is 2.38. The average Bonchev–Trinajstić information content (AvgIpc) is 3.37. The van der Waals surface area contributed by atoms with Crippen LogP contribution in [0, 0.1) is 11.3 Å². The van der Waals surface area contributed by atoms with E-state index in [0.29, 0.717) is 40.5 Å². The van der Waals surface area contributed by atoms with Gasteiger partial charge in [0.1, 0.15) is 0 Å². The Morgan fingerprint density at radius 1 is 0.242 bits per heavy atom. The van der Waals surface area contributed by atoms with Gasteiger partial charge in [-0.05, 0) is 63.7 Å². The van der Waals surface area contributed by atoms with Crippen LogP contribution in [0.1, 0.15) is 5.56 Å². The van der Waals surface area contributed by atoms with Crippen LogP contribution < -0.4 is 0 Å². The third-order valence-electron chi connectivity index (χ3n) is 10.6. The first-order valence-electron chi connectivity index (χ1n) is 20.3. The van der Waals surface area contributed by atoms with Gasteiger partial charge in [0.2, 0.25) is 0 Å². The molecule has 0 aliphatic carbocycles. The zero-order valence-electron chi connectivity index (χ0n) is 33.3. The van der Waals surface area contributed by atoms with Gasteiger partial charge in [0.05, 0.1) is 11.6 Å². The zero-order valence-corrected chi connectivity index (χ0v) is 33.3. The van der Waals surface area contributed by atoms with Crippen molar-refractivity contribution in [2.75, 3.05) is 0 Å². The molecule has 0 saturated heterocycles. The Morgan fingerprint density at radius 2 is 0.565 bits per heavy atom. The van der Waals surface area contributed by atoms with Crippen LogP contribution in [0.4, 0.5) is 0 Å². The summed E-state index contributed by atoms with van der Waals surface area (Å²) >= 11 is 0. The molecule has 0 aliphatic rings. The minimum atomic E-state index is 0.568. The van der Waals surface area contributed by atoms with Crippen LogP contribution in [0.15, 0.2) is 212 Å². The van der Waals surface area contributed by atoms with Crippen molar-refractivity contribution in [1.29, 1.82) is 5.26 Å².